The van der Waals surface area contributed by atoms with Crippen LogP contribution in [-0.2, 0) is 0 Å². The van der Waals surface area contributed by atoms with Crippen LogP contribution in [0.1, 0.15) is 0 Å². The maximum atomic E-state index is 6.65. The molecule has 0 saturated heterocycles. The molecule has 8 aromatic carbocycles. The highest BCUT2D eigenvalue weighted by molar-refractivity contribution is 6.16. The molecule has 10 aromatic rings. The molecule has 0 aliphatic heterocycles. The minimum atomic E-state index is 0.627. The van der Waals surface area contributed by atoms with Crippen LogP contribution < -0.4 is 0 Å². The van der Waals surface area contributed by atoms with Crippen LogP contribution in [0, 0.1) is 0 Å². The maximum Gasteiger partial charge on any atom is 0.164 e. The fraction of sp³-hybridized carbons (Fsp3) is 0. The van der Waals surface area contributed by atoms with Gasteiger partial charge in [-0.1, -0.05) is 164 Å². The molecule has 10 rings (SSSR count). The van der Waals surface area contributed by atoms with E-state index in [9.17, 15) is 0 Å². The van der Waals surface area contributed by atoms with Crippen molar-refractivity contribution in [2.75, 3.05) is 0 Å². The van der Waals surface area contributed by atoms with E-state index < -0.39 is 0 Å². The van der Waals surface area contributed by atoms with Crippen LogP contribution in [0.4, 0.5) is 0 Å². The Morgan fingerprint density at radius 3 is 1.28 bits per heavy atom. The van der Waals surface area contributed by atoms with Crippen LogP contribution in [0.25, 0.3) is 100 Å². The van der Waals surface area contributed by atoms with Crippen molar-refractivity contribution < 1.29 is 4.42 Å². The van der Waals surface area contributed by atoms with E-state index in [0.29, 0.717) is 17.5 Å². The molecule has 53 heavy (non-hydrogen) atoms. The molecule has 0 atom stereocenters. The Balaban J connectivity index is 1.12. The highest BCUT2D eigenvalue weighted by Crippen LogP contribution is 2.42. The second kappa shape index (κ2) is 12.9. The number of furan rings is 1. The molecule has 0 unspecified atom stereocenters. The first kappa shape index (κ1) is 30.6. The normalized spacial score (nSPS) is 11.4. The van der Waals surface area contributed by atoms with Crippen LogP contribution in [0.5, 0.6) is 0 Å². The van der Waals surface area contributed by atoms with Crippen molar-refractivity contribution in [2.45, 2.75) is 0 Å². The third-order valence-corrected chi connectivity index (χ3v) is 9.92. The van der Waals surface area contributed by atoms with Gasteiger partial charge in [0.1, 0.15) is 11.2 Å². The van der Waals surface area contributed by atoms with Crippen LogP contribution in [0.3, 0.4) is 0 Å². The lowest BCUT2D eigenvalue weighted by atomic mass is 9.93. The van der Waals surface area contributed by atoms with Crippen molar-refractivity contribution in [1.82, 2.24) is 15.0 Å². The molecule has 0 fully saturated rings. The Morgan fingerprint density at radius 2 is 0.717 bits per heavy atom. The summed E-state index contributed by atoms with van der Waals surface area (Å²) in [7, 11) is 0. The summed E-state index contributed by atoms with van der Waals surface area (Å²) in [4.78, 5) is 14.8. The van der Waals surface area contributed by atoms with Gasteiger partial charge in [-0.3, -0.25) is 0 Å². The summed E-state index contributed by atoms with van der Waals surface area (Å²) in [5, 5.41) is 4.54. The van der Waals surface area contributed by atoms with Gasteiger partial charge in [0.2, 0.25) is 0 Å². The summed E-state index contributed by atoms with van der Waals surface area (Å²) >= 11 is 0. The number of hydrogen-bond acceptors (Lipinski definition) is 4. The van der Waals surface area contributed by atoms with E-state index in [4.69, 9.17) is 19.4 Å². The van der Waals surface area contributed by atoms with Gasteiger partial charge in [-0.2, -0.15) is 0 Å². The zero-order valence-corrected chi connectivity index (χ0v) is 28.6. The average molecular weight is 678 g/mol. The molecule has 0 amide bonds. The summed E-state index contributed by atoms with van der Waals surface area (Å²) in [6, 6.07) is 65.3. The Kier molecular flexibility index (Phi) is 7.43. The third kappa shape index (κ3) is 5.73. The largest absolute Gasteiger partial charge is 0.456 e. The molecule has 4 heteroatoms. The van der Waals surface area contributed by atoms with Gasteiger partial charge in [0.15, 0.2) is 17.5 Å². The van der Waals surface area contributed by atoms with Gasteiger partial charge in [-0.05, 0) is 68.4 Å². The highest BCUT2D eigenvalue weighted by atomic mass is 16.3. The molecule has 0 saturated carbocycles. The third-order valence-electron chi connectivity index (χ3n) is 9.92. The van der Waals surface area contributed by atoms with Gasteiger partial charge in [0.25, 0.3) is 0 Å². The Labute approximate surface area is 306 Å². The van der Waals surface area contributed by atoms with Gasteiger partial charge in [0, 0.05) is 27.5 Å². The van der Waals surface area contributed by atoms with E-state index in [0.717, 1.165) is 66.3 Å². The fourth-order valence-electron chi connectivity index (χ4n) is 7.21. The summed E-state index contributed by atoms with van der Waals surface area (Å²) < 4.78 is 6.65. The van der Waals surface area contributed by atoms with Gasteiger partial charge in [-0.15, -0.1) is 0 Å². The molecular formula is C49H31N3O. The summed E-state index contributed by atoms with van der Waals surface area (Å²) in [5.41, 5.74) is 11.3. The van der Waals surface area contributed by atoms with E-state index in [2.05, 4.69) is 121 Å². The smallest absolute Gasteiger partial charge is 0.164 e. The molecule has 248 valence electrons. The Morgan fingerprint density at radius 1 is 0.302 bits per heavy atom. The zero-order chi connectivity index (χ0) is 35.1. The highest BCUT2D eigenvalue weighted by Gasteiger charge is 2.18. The molecule has 0 spiro atoms. The standard InChI is InChI=1S/C49H31N3O/c1-4-12-32(13-5-1)33-20-22-34(23-21-33)41-29-42(46-43-28-39-18-10-11-19-40(39)30-44(43)53-45(46)31-41)35-24-26-38(27-25-35)49-51-47(36-14-6-2-7-15-36)50-48(52-49)37-16-8-3-9-17-37/h1-31H. The predicted octanol–water partition coefficient (Wildman–Crippen LogP) is 12.9. The van der Waals surface area contributed by atoms with E-state index >= 15 is 0 Å². The number of aromatic nitrogens is 3. The number of rotatable bonds is 6. The lowest BCUT2D eigenvalue weighted by Crippen LogP contribution is -2.00. The van der Waals surface area contributed by atoms with Crippen LogP contribution in [-0.4, -0.2) is 15.0 Å². The van der Waals surface area contributed by atoms with Crippen molar-refractivity contribution in [3.63, 3.8) is 0 Å². The molecule has 0 radical (unpaired) electrons. The Bertz CT molecular complexity index is 2840. The van der Waals surface area contributed by atoms with Crippen LogP contribution in [0.15, 0.2) is 192 Å². The SMILES string of the molecule is c1ccc(-c2ccc(-c3cc(-c4ccc(-c5nc(-c6ccccc6)nc(-c6ccccc6)n5)cc4)c4c(c3)oc3cc5ccccc5cc34)cc2)cc1. The van der Waals surface area contributed by atoms with Gasteiger partial charge < -0.3 is 4.42 Å². The molecule has 0 aliphatic rings. The number of benzene rings is 8. The molecule has 0 N–H and O–H groups in total. The minimum Gasteiger partial charge on any atom is -0.456 e. The molecule has 0 bridgehead atoms. The minimum absolute atomic E-state index is 0.627. The first-order chi connectivity index (χ1) is 26.2. The lowest BCUT2D eigenvalue weighted by Gasteiger charge is -2.11. The molecular weight excluding hydrogens is 647 g/mol. The fourth-order valence-corrected chi connectivity index (χ4v) is 7.21. The Hall–Kier alpha value is -7.17. The summed E-state index contributed by atoms with van der Waals surface area (Å²) in [6.07, 6.45) is 0. The van der Waals surface area contributed by atoms with Crippen molar-refractivity contribution >= 4 is 32.7 Å². The first-order valence-electron chi connectivity index (χ1n) is 17.8. The van der Waals surface area contributed by atoms with Crippen molar-refractivity contribution in [2.24, 2.45) is 0 Å². The van der Waals surface area contributed by atoms with E-state index in [1.165, 1.54) is 16.5 Å². The number of fused-ring (bicyclic) bond motifs is 4. The van der Waals surface area contributed by atoms with Gasteiger partial charge in [-0.25, -0.2) is 15.0 Å². The van der Waals surface area contributed by atoms with Gasteiger partial charge >= 0.3 is 0 Å². The lowest BCUT2D eigenvalue weighted by molar-refractivity contribution is 0.669. The second-order valence-corrected chi connectivity index (χ2v) is 13.3. The summed E-state index contributed by atoms with van der Waals surface area (Å²) in [5.74, 6) is 1.91. The maximum absolute atomic E-state index is 6.65. The first-order valence-corrected chi connectivity index (χ1v) is 17.8. The number of hydrogen-bond donors (Lipinski definition) is 0. The summed E-state index contributed by atoms with van der Waals surface area (Å²) in [6.45, 7) is 0. The van der Waals surface area contributed by atoms with E-state index in [1.807, 2.05) is 66.7 Å². The van der Waals surface area contributed by atoms with E-state index in [-0.39, 0.29) is 0 Å². The van der Waals surface area contributed by atoms with Crippen molar-refractivity contribution in [3.05, 3.63) is 188 Å². The second-order valence-electron chi connectivity index (χ2n) is 13.3. The molecule has 4 nitrogen and oxygen atoms in total. The molecule has 0 aliphatic carbocycles. The quantitative estimate of drug-likeness (QED) is 0.176. The zero-order valence-electron chi connectivity index (χ0n) is 28.6. The predicted molar refractivity (Wildman–Crippen MR) is 217 cm³/mol. The monoisotopic (exact) mass is 677 g/mol. The molecule has 2 aromatic heterocycles. The van der Waals surface area contributed by atoms with Crippen LogP contribution in [0.2, 0.25) is 0 Å². The van der Waals surface area contributed by atoms with Crippen molar-refractivity contribution in [3.8, 4) is 67.5 Å². The molecule has 2 heterocycles. The van der Waals surface area contributed by atoms with Crippen LogP contribution >= 0.6 is 0 Å². The number of nitrogens with zero attached hydrogens (tertiary/aromatic N) is 3. The average Bonchev–Trinajstić information content (AvgIpc) is 3.60. The van der Waals surface area contributed by atoms with E-state index in [1.54, 1.807) is 0 Å². The van der Waals surface area contributed by atoms with Gasteiger partial charge in [0.05, 0.1) is 0 Å². The van der Waals surface area contributed by atoms with Crippen molar-refractivity contribution in [1.29, 1.82) is 0 Å². The topological polar surface area (TPSA) is 51.8 Å².